The maximum atomic E-state index is 13.2. The zero-order chi connectivity index (χ0) is 24.6. The van der Waals surface area contributed by atoms with Crippen LogP contribution in [0, 0.1) is 13.8 Å². The lowest BCUT2D eigenvalue weighted by Gasteiger charge is -2.37. The van der Waals surface area contributed by atoms with Crippen LogP contribution in [0.1, 0.15) is 32.6 Å². The molecule has 3 aromatic rings. The number of sulfonamides is 1. The molecule has 1 fully saturated rings. The first-order valence-corrected chi connectivity index (χ1v) is 13.6. The predicted molar refractivity (Wildman–Crippen MR) is 138 cm³/mol. The Labute approximate surface area is 207 Å². The number of aryl methyl sites for hydroxylation is 1. The first kappa shape index (κ1) is 23.6. The Bertz CT molecular complexity index is 1340. The molecule has 0 radical (unpaired) electrons. The fourth-order valence-corrected chi connectivity index (χ4v) is 6.42. The average molecular weight is 490 g/mol. The zero-order valence-corrected chi connectivity index (χ0v) is 21.1. The molecule has 0 unspecified atom stereocenters. The summed E-state index contributed by atoms with van der Waals surface area (Å²) in [5.74, 6) is -0.0542. The van der Waals surface area contributed by atoms with Gasteiger partial charge in [0, 0.05) is 50.5 Å². The van der Waals surface area contributed by atoms with Crippen LogP contribution in [0.25, 0.3) is 0 Å². The number of fused-ring (bicyclic) bond motifs is 1. The van der Waals surface area contributed by atoms with Gasteiger partial charge in [-0.25, -0.2) is 8.42 Å². The zero-order valence-electron chi connectivity index (χ0n) is 20.3. The lowest BCUT2D eigenvalue weighted by Crippen LogP contribution is -2.49. The summed E-state index contributed by atoms with van der Waals surface area (Å²) in [5.41, 5.74) is 6.55. The molecular formula is C28H31N3O3S. The van der Waals surface area contributed by atoms with E-state index in [-0.39, 0.29) is 10.8 Å². The van der Waals surface area contributed by atoms with Gasteiger partial charge in [-0.2, -0.15) is 4.31 Å². The standard InChI is InChI=1S/C28H31N3O3S/c1-21-6-5-9-27(22(21)2)29-16-18-30(19-17-29)28(32)24-10-12-26(13-11-24)35(33,34)31-15-14-23-7-3-4-8-25(23)20-31/h3-13H,14-20H2,1-2H3. The lowest BCUT2D eigenvalue weighted by atomic mass is 10.0. The van der Waals surface area contributed by atoms with Crippen molar-refractivity contribution in [3.63, 3.8) is 0 Å². The molecule has 0 spiro atoms. The van der Waals surface area contributed by atoms with Gasteiger partial charge in [-0.15, -0.1) is 0 Å². The summed E-state index contributed by atoms with van der Waals surface area (Å²) in [6.45, 7) is 7.93. The molecular weight excluding hydrogens is 458 g/mol. The lowest BCUT2D eigenvalue weighted by molar-refractivity contribution is 0.0746. The number of amides is 1. The minimum atomic E-state index is -3.62. The largest absolute Gasteiger partial charge is 0.368 e. The van der Waals surface area contributed by atoms with Gasteiger partial charge in [0.05, 0.1) is 4.90 Å². The van der Waals surface area contributed by atoms with Crippen LogP contribution in [0.3, 0.4) is 0 Å². The van der Waals surface area contributed by atoms with Gasteiger partial charge >= 0.3 is 0 Å². The first-order chi connectivity index (χ1) is 16.8. The maximum Gasteiger partial charge on any atom is 0.253 e. The smallest absolute Gasteiger partial charge is 0.253 e. The van der Waals surface area contributed by atoms with E-state index in [1.807, 2.05) is 23.1 Å². The highest BCUT2D eigenvalue weighted by atomic mass is 32.2. The van der Waals surface area contributed by atoms with Crippen LogP contribution in [0.15, 0.2) is 71.6 Å². The molecule has 35 heavy (non-hydrogen) atoms. The second-order valence-electron chi connectivity index (χ2n) is 9.38. The summed E-state index contributed by atoms with van der Waals surface area (Å²) >= 11 is 0. The van der Waals surface area contributed by atoms with E-state index < -0.39 is 10.0 Å². The van der Waals surface area contributed by atoms with Crippen LogP contribution in [-0.2, 0) is 23.0 Å². The van der Waals surface area contributed by atoms with E-state index in [4.69, 9.17) is 0 Å². The van der Waals surface area contributed by atoms with Crippen molar-refractivity contribution in [2.24, 2.45) is 0 Å². The summed E-state index contributed by atoms with van der Waals surface area (Å²) in [6, 6.07) is 20.7. The van der Waals surface area contributed by atoms with Gasteiger partial charge in [0.2, 0.25) is 10.0 Å². The van der Waals surface area contributed by atoms with Crippen molar-refractivity contribution in [1.82, 2.24) is 9.21 Å². The molecule has 0 bridgehead atoms. The van der Waals surface area contributed by atoms with E-state index >= 15 is 0 Å². The Morgan fingerprint density at radius 1 is 0.771 bits per heavy atom. The van der Waals surface area contributed by atoms with E-state index in [0.717, 1.165) is 18.7 Å². The van der Waals surface area contributed by atoms with Gasteiger partial charge in [0.25, 0.3) is 5.91 Å². The van der Waals surface area contributed by atoms with Crippen molar-refractivity contribution in [3.05, 3.63) is 94.5 Å². The van der Waals surface area contributed by atoms with Gasteiger partial charge in [-0.05, 0) is 72.9 Å². The molecule has 5 rings (SSSR count). The summed E-state index contributed by atoms with van der Waals surface area (Å²) in [6.07, 6.45) is 0.708. The Morgan fingerprint density at radius 2 is 1.46 bits per heavy atom. The second kappa shape index (κ2) is 9.47. The molecule has 182 valence electrons. The van der Waals surface area contributed by atoms with Crippen LogP contribution in [0.5, 0.6) is 0 Å². The minimum absolute atomic E-state index is 0.0542. The fraction of sp³-hybridized carbons (Fsp3) is 0.321. The van der Waals surface area contributed by atoms with Gasteiger partial charge in [-0.1, -0.05) is 36.4 Å². The highest BCUT2D eigenvalue weighted by molar-refractivity contribution is 7.89. The van der Waals surface area contributed by atoms with Crippen LogP contribution in [0.4, 0.5) is 5.69 Å². The SMILES string of the molecule is Cc1cccc(N2CCN(C(=O)c3ccc(S(=O)(=O)N4CCc5ccccc5C4)cc3)CC2)c1C. The topological polar surface area (TPSA) is 60.9 Å². The number of nitrogens with zero attached hydrogens (tertiary/aromatic N) is 3. The molecule has 6 nitrogen and oxygen atoms in total. The van der Waals surface area contributed by atoms with Crippen LogP contribution < -0.4 is 4.90 Å². The number of carbonyl (C=O) groups excluding carboxylic acids is 1. The van der Waals surface area contributed by atoms with E-state index in [9.17, 15) is 13.2 Å². The Balaban J connectivity index is 1.24. The minimum Gasteiger partial charge on any atom is -0.368 e. The van der Waals surface area contributed by atoms with E-state index in [1.165, 1.54) is 26.7 Å². The number of rotatable bonds is 4. The van der Waals surface area contributed by atoms with Crippen LogP contribution >= 0.6 is 0 Å². The highest BCUT2D eigenvalue weighted by Gasteiger charge is 2.29. The van der Waals surface area contributed by atoms with Crippen molar-refractivity contribution in [2.75, 3.05) is 37.6 Å². The summed E-state index contributed by atoms with van der Waals surface area (Å²) in [4.78, 5) is 17.5. The average Bonchev–Trinajstić information content (AvgIpc) is 2.90. The second-order valence-corrected chi connectivity index (χ2v) is 11.3. The van der Waals surface area contributed by atoms with Gasteiger partial charge < -0.3 is 9.80 Å². The van der Waals surface area contributed by atoms with E-state index in [0.29, 0.717) is 38.2 Å². The Kier molecular flexibility index (Phi) is 6.38. The van der Waals surface area contributed by atoms with Crippen molar-refractivity contribution in [2.45, 2.75) is 31.7 Å². The molecule has 0 aliphatic carbocycles. The molecule has 3 aromatic carbocycles. The molecule has 1 amide bonds. The number of anilines is 1. The van der Waals surface area contributed by atoms with Crippen LogP contribution in [-0.4, -0.2) is 56.3 Å². The van der Waals surface area contributed by atoms with Crippen molar-refractivity contribution in [3.8, 4) is 0 Å². The molecule has 7 heteroatoms. The molecule has 2 aliphatic heterocycles. The number of hydrogen-bond donors (Lipinski definition) is 0. The van der Waals surface area contributed by atoms with Crippen LogP contribution in [0.2, 0.25) is 0 Å². The normalized spacial score (nSPS) is 16.7. The maximum absolute atomic E-state index is 13.2. The van der Waals surface area contributed by atoms with Gasteiger partial charge in [-0.3, -0.25) is 4.79 Å². The van der Waals surface area contributed by atoms with Crippen molar-refractivity contribution >= 4 is 21.6 Å². The molecule has 0 N–H and O–H groups in total. The Morgan fingerprint density at radius 3 is 2.17 bits per heavy atom. The Hall–Kier alpha value is -3.16. The number of carbonyl (C=O) groups is 1. The first-order valence-electron chi connectivity index (χ1n) is 12.1. The quantitative estimate of drug-likeness (QED) is 0.556. The third-order valence-electron chi connectivity index (χ3n) is 7.32. The predicted octanol–water partition coefficient (Wildman–Crippen LogP) is 4.01. The van der Waals surface area contributed by atoms with Crippen molar-refractivity contribution in [1.29, 1.82) is 0 Å². The number of hydrogen-bond acceptors (Lipinski definition) is 4. The van der Waals surface area contributed by atoms with Gasteiger partial charge in [0.1, 0.15) is 0 Å². The molecule has 2 aliphatic rings. The summed E-state index contributed by atoms with van der Waals surface area (Å²) < 4.78 is 28.0. The van der Waals surface area contributed by atoms with Gasteiger partial charge in [0.15, 0.2) is 0 Å². The number of benzene rings is 3. The monoisotopic (exact) mass is 489 g/mol. The molecule has 1 saturated heterocycles. The fourth-order valence-electron chi connectivity index (χ4n) is 5.00. The highest BCUT2D eigenvalue weighted by Crippen LogP contribution is 2.26. The molecule has 2 heterocycles. The molecule has 0 saturated carbocycles. The summed E-state index contributed by atoms with van der Waals surface area (Å²) in [5, 5.41) is 0. The third kappa shape index (κ3) is 4.58. The third-order valence-corrected chi connectivity index (χ3v) is 9.18. The summed E-state index contributed by atoms with van der Waals surface area (Å²) in [7, 11) is -3.62. The molecule has 0 atom stereocenters. The van der Waals surface area contributed by atoms with Crippen molar-refractivity contribution < 1.29 is 13.2 Å². The van der Waals surface area contributed by atoms with E-state index in [2.05, 4.69) is 43.0 Å². The number of piperazine rings is 1. The molecule has 0 aromatic heterocycles. The van der Waals surface area contributed by atoms with E-state index in [1.54, 1.807) is 24.3 Å².